The van der Waals surface area contributed by atoms with Gasteiger partial charge in [0, 0.05) is 16.8 Å². The molecule has 0 spiro atoms. The van der Waals surface area contributed by atoms with Gasteiger partial charge in [-0.05, 0) is 45.0 Å². The van der Waals surface area contributed by atoms with Crippen LogP contribution < -0.4 is 16.4 Å². The molecule has 114 valence electrons. The fourth-order valence-corrected chi connectivity index (χ4v) is 2.17. The van der Waals surface area contributed by atoms with Crippen LogP contribution in [0.2, 0.25) is 0 Å². The molecule has 0 aliphatic heterocycles. The maximum atomic E-state index is 11.8. The molecule has 1 aromatic heterocycles. The number of halogens is 1. The highest BCUT2D eigenvalue weighted by Gasteiger charge is 2.21. The predicted octanol–water partition coefficient (Wildman–Crippen LogP) is 3.29. The van der Waals surface area contributed by atoms with Crippen LogP contribution in [0.5, 0.6) is 0 Å². The lowest BCUT2D eigenvalue weighted by atomic mass is 10.1. The molecule has 0 aliphatic carbocycles. The number of benzene rings is 1. The van der Waals surface area contributed by atoms with E-state index in [0.717, 1.165) is 22.2 Å². The first kappa shape index (κ1) is 17.4. The van der Waals surface area contributed by atoms with Gasteiger partial charge in [-0.3, -0.25) is 4.79 Å². The molecule has 21 heavy (non-hydrogen) atoms. The summed E-state index contributed by atoms with van der Waals surface area (Å²) in [5.41, 5.74) is 7.47. The Morgan fingerprint density at radius 3 is 2.29 bits per heavy atom. The summed E-state index contributed by atoms with van der Waals surface area (Å²) in [5, 5.41) is 8.81. The van der Waals surface area contributed by atoms with Crippen LogP contribution in [0.15, 0.2) is 29.6 Å². The smallest absolute Gasteiger partial charge is 0.243 e. The highest BCUT2D eigenvalue weighted by atomic mass is 35.5. The van der Waals surface area contributed by atoms with E-state index in [2.05, 4.69) is 15.6 Å². The minimum atomic E-state index is -0.894. The predicted molar refractivity (Wildman–Crippen MR) is 90.7 cm³/mol. The van der Waals surface area contributed by atoms with Gasteiger partial charge in [0.25, 0.3) is 0 Å². The summed E-state index contributed by atoms with van der Waals surface area (Å²) in [6, 6.07) is 7.42. The Morgan fingerprint density at radius 1 is 1.24 bits per heavy atom. The molecule has 4 N–H and O–H groups in total. The number of hydrogen-bond acceptors (Lipinski definition) is 5. The Balaban J connectivity index is 0.00000220. The third-order valence-corrected chi connectivity index (χ3v) is 3.47. The maximum absolute atomic E-state index is 11.8. The molecule has 1 amide bonds. The SMILES string of the molecule is Cc1csc(Nc2ccc(NC(=O)C(C)(C)N)cc2)n1.Cl. The average molecular weight is 327 g/mol. The molecule has 2 rings (SSSR count). The lowest BCUT2D eigenvalue weighted by molar-refractivity contribution is -0.120. The van der Waals surface area contributed by atoms with E-state index in [1.54, 1.807) is 25.2 Å². The molecule has 5 nitrogen and oxygen atoms in total. The molecule has 0 radical (unpaired) electrons. The van der Waals surface area contributed by atoms with Gasteiger partial charge in [0.05, 0.1) is 11.2 Å². The van der Waals surface area contributed by atoms with E-state index in [0.29, 0.717) is 0 Å². The topological polar surface area (TPSA) is 80.0 Å². The van der Waals surface area contributed by atoms with Gasteiger partial charge in [0.2, 0.25) is 5.91 Å². The minimum absolute atomic E-state index is 0. The van der Waals surface area contributed by atoms with Crippen LogP contribution in [0, 0.1) is 6.92 Å². The normalized spacial score (nSPS) is 10.7. The molecule has 0 bridgehead atoms. The zero-order valence-electron chi connectivity index (χ0n) is 12.1. The minimum Gasteiger partial charge on any atom is -0.332 e. The highest BCUT2D eigenvalue weighted by Crippen LogP contribution is 2.22. The lowest BCUT2D eigenvalue weighted by Gasteiger charge is -2.17. The molecular formula is C14H19ClN4OS. The monoisotopic (exact) mass is 326 g/mol. The van der Waals surface area contributed by atoms with Gasteiger partial charge >= 0.3 is 0 Å². The molecule has 7 heteroatoms. The molecule has 1 heterocycles. The molecule has 0 saturated heterocycles. The maximum Gasteiger partial charge on any atom is 0.243 e. The van der Waals surface area contributed by atoms with Crippen molar-refractivity contribution < 1.29 is 4.79 Å². The van der Waals surface area contributed by atoms with Gasteiger partial charge in [-0.1, -0.05) is 0 Å². The van der Waals surface area contributed by atoms with Crippen LogP contribution in [0.1, 0.15) is 19.5 Å². The van der Waals surface area contributed by atoms with Crippen LogP contribution in [0.3, 0.4) is 0 Å². The fraction of sp³-hybridized carbons (Fsp3) is 0.286. The molecular weight excluding hydrogens is 308 g/mol. The van der Waals surface area contributed by atoms with E-state index < -0.39 is 5.54 Å². The van der Waals surface area contributed by atoms with Crippen LogP contribution in [0.25, 0.3) is 0 Å². The molecule has 0 unspecified atom stereocenters. The van der Waals surface area contributed by atoms with Crippen molar-refractivity contribution >= 4 is 46.2 Å². The summed E-state index contributed by atoms with van der Waals surface area (Å²) in [7, 11) is 0. The molecule has 0 saturated carbocycles. The fourth-order valence-electron chi connectivity index (χ4n) is 1.46. The van der Waals surface area contributed by atoms with Gasteiger partial charge in [-0.2, -0.15) is 0 Å². The molecule has 0 atom stereocenters. The number of carbonyl (C=O) groups excluding carboxylic acids is 1. The first-order valence-electron chi connectivity index (χ1n) is 6.24. The number of nitrogens with one attached hydrogen (secondary N) is 2. The number of aryl methyl sites for hydroxylation is 1. The van der Waals surface area contributed by atoms with Crippen molar-refractivity contribution in [2.75, 3.05) is 10.6 Å². The first-order chi connectivity index (χ1) is 9.34. The third kappa shape index (κ3) is 5.00. The summed E-state index contributed by atoms with van der Waals surface area (Å²) in [6.07, 6.45) is 0. The van der Waals surface area contributed by atoms with Crippen molar-refractivity contribution in [1.82, 2.24) is 4.98 Å². The Kier molecular flexibility index (Phi) is 5.71. The van der Waals surface area contributed by atoms with Crippen molar-refractivity contribution in [2.24, 2.45) is 5.73 Å². The highest BCUT2D eigenvalue weighted by molar-refractivity contribution is 7.13. The van der Waals surface area contributed by atoms with Crippen molar-refractivity contribution in [3.8, 4) is 0 Å². The van der Waals surface area contributed by atoms with E-state index in [9.17, 15) is 4.79 Å². The van der Waals surface area contributed by atoms with Crippen LogP contribution in [-0.2, 0) is 4.79 Å². The Bertz CT molecular complexity index is 604. The number of amides is 1. The van der Waals surface area contributed by atoms with Crippen LogP contribution in [-0.4, -0.2) is 16.4 Å². The van der Waals surface area contributed by atoms with E-state index in [1.807, 2.05) is 36.6 Å². The van der Waals surface area contributed by atoms with E-state index in [4.69, 9.17) is 5.73 Å². The Morgan fingerprint density at radius 2 is 1.81 bits per heavy atom. The molecule has 2 aromatic rings. The number of rotatable bonds is 4. The standard InChI is InChI=1S/C14H18N4OS.ClH/c1-9-8-20-13(16-9)18-11-6-4-10(5-7-11)17-12(19)14(2,3)15;/h4-8H,15H2,1-3H3,(H,16,18)(H,17,19);1H. The molecule has 0 fully saturated rings. The van der Waals surface area contributed by atoms with Gasteiger partial charge < -0.3 is 16.4 Å². The number of hydrogen-bond donors (Lipinski definition) is 3. The summed E-state index contributed by atoms with van der Waals surface area (Å²) >= 11 is 1.55. The van der Waals surface area contributed by atoms with Crippen LogP contribution in [0.4, 0.5) is 16.5 Å². The number of thiazole rings is 1. The van der Waals surface area contributed by atoms with Gasteiger partial charge in [-0.25, -0.2) is 4.98 Å². The number of anilines is 3. The second-order valence-electron chi connectivity index (χ2n) is 5.17. The zero-order valence-corrected chi connectivity index (χ0v) is 13.8. The second-order valence-corrected chi connectivity index (χ2v) is 6.03. The van der Waals surface area contributed by atoms with E-state index >= 15 is 0 Å². The quantitative estimate of drug-likeness (QED) is 0.805. The van der Waals surface area contributed by atoms with E-state index in [-0.39, 0.29) is 18.3 Å². The van der Waals surface area contributed by atoms with Crippen molar-refractivity contribution in [2.45, 2.75) is 26.3 Å². The summed E-state index contributed by atoms with van der Waals surface area (Å²) in [5.74, 6) is -0.214. The zero-order chi connectivity index (χ0) is 14.8. The van der Waals surface area contributed by atoms with Crippen molar-refractivity contribution in [1.29, 1.82) is 0 Å². The molecule has 1 aromatic carbocycles. The molecule has 0 aliphatic rings. The van der Waals surface area contributed by atoms with Gasteiger partial charge in [0.15, 0.2) is 5.13 Å². The van der Waals surface area contributed by atoms with Crippen molar-refractivity contribution in [3.63, 3.8) is 0 Å². The average Bonchev–Trinajstić information content (AvgIpc) is 2.76. The summed E-state index contributed by atoms with van der Waals surface area (Å²) in [6.45, 7) is 5.29. The third-order valence-electron chi connectivity index (χ3n) is 2.60. The summed E-state index contributed by atoms with van der Waals surface area (Å²) < 4.78 is 0. The van der Waals surface area contributed by atoms with E-state index in [1.165, 1.54) is 0 Å². The first-order valence-corrected chi connectivity index (χ1v) is 7.12. The van der Waals surface area contributed by atoms with Gasteiger partial charge in [0.1, 0.15) is 0 Å². The Labute approximate surface area is 134 Å². The second kappa shape index (κ2) is 6.89. The van der Waals surface area contributed by atoms with Crippen LogP contribution >= 0.6 is 23.7 Å². The van der Waals surface area contributed by atoms with Gasteiger partial charge in [-0.15, -0.1) is 23.7 Å². The Hall–Kier alpha value is -1.63. The van der Waals surface area contributed by atoms with Crippen molar-refractivity contribution in [3.05, 3.63) is 35.3 Å². The number of aromatic nitrogens is 1. The largest absolute Gasteiger partial charge is 0.332 e. The summed E-state index contributed by atoms with van der Waals surface area (Å²) in [4.78, 5) is 16.1. The number of carbonyl (C=O) groups is 1. The lowest BCUT2D eigenvalue weighted by Crippen LogP contribution is -2.45. The number of nitrogens with two attached hydrogens (primary N) is 1. The number of nitrogens with zero attached hydrogens (tertiary/aromatic N) is 1.